The Morgan fingerprint density at radius 1 is 0.750 bits per heavy atom. The summed E-state index contributed by atoms with van der Waals surface area (Å²) in [6.45, 7) is 3.76. The van der Waals surface area contributed by atoms with Gasteiger partial charge in [0.15, 0.2) is 0 Å². The van der Waals surface area contributed by atoms with E-state index in [0.717, 1.165) is 22.3 Å². The summed E-state index contributed by atoms with van der Waals surface area (Å²) in [6.07, 6.45) is 0. The molecule has 0 spiro atoms. The number of hydrogen-bond donors (Lipinski definition) is 2. The summed E-state index contributed by atoms with van der Waals surface area (Å²) < 4.78 is 0. The predicted octanol–water partition coefficient (Wildman–Crippen LogP) is 3.38. The first-order valence-corrected chi connectivity index (χ1v) is 5.18. The maximum atomic E-state index is 9.79. The molecule has 0 atom stereocenters. The summed E-state index contributed by atoms with van der Waals surface area (Å²) in [5.74, 6) is 0.548. The molecule has 2 aromatic carbocycles. The molecule has 0 aromatic heterocycles. The minimum absolute atomic E-state index is 0.260. The van der Waals surface area contributed by atoms with Gasteiger partial charge in [0, 0.05) is 5.56 Å². The van der Waals surface area contributed by atoms with Gasteiger partial charge in [0.05, 0.1) is 0 Å². The second kappa shape index (κ2) is 3.89. The average molecular weight is 214 g/mol. The first kappa shape index (κ1) is 10.6. The van der Waals surface area contributed by atoms with Gasteiger partial charge in [0.2, 0.25) is 0 Å². The lowest BCUT2D eigenvalue weighted by atomic mass is 9.97. The maximum Gasteiger partial charge on any atom is 0.123 e. The van der Waals surface area contributed by atoms with E-state index in [2.05, 4.69) is 0 Å². The lowest BCUT2D eigenvalue weighted by Gasteiger charge is -2.10. The van der Waals surface area contributed by atoms with E-state index in [-0.39, 0.29) is 11.5 Å². The molecule has 2 aromatic rings. The van der Waals surface area contributed by atoms with Crippen LogP contribution in [0.2, 0.25) is 0 Å². The van der Waals surface area contributed by atoms with Gasteiger partial charge in [-0.1, -0.05) is 18.2 Å². The molecule has 0 amide bonds. The molecule has 0 bridgehead atoms. The van der Waals surface area contributed by atoms with Crippen LogP contribution in [0.3, 0.4) is 0 Å². The summed E-state index contributed by atoms with van der Waals surface area (Å²) in [5.41, 5.74) is 3.50. The molecule has 2 rings (SSSR count). The Bertz CT molecular complexity index is 530. The van der Waals surface area contributed by atoms with Gasteiger partial charge in [-0.25, -0.2) is 0 Å². The fourth-order valence-corrected chi connectivity index (χ4v) is 1.79. The van der Waals surface area contributed by atoms with Gasteiger partial charge >= 0.3 is 0 Å². The highest BCUT2D eigenvalue weighted by Crippen LogP contribution is 2.34. The van der Waals surface area contributed by atoms with Crippen molar-refractivity contribution >= 4 is 0 Å². The molecule has 0 radical (unpaired) electrons. The second-order valence-corrected chi connectivity index (χ2v) is 3.97. The molecule has 2 N–H and O–H groups in total. The van der Waals surface area contributed by atoms with Gasteiger partial charge in [-0.2, -0.15) is 0 Å². The highest BCUT2D eigenvalue weighted by molar-refractivity contribution is 5.74. The SMILES string of the molecule is Cc1cc(-c2ccccc2O)c(C)cc1O. The lowest BCUT2D eigenvalue weighted by Crippen LogP contribution is -1.86. The molecule has 0 fully saturated rings. The summed E-state index contributed by atoms with van der Waals surface area (Å²) in [7, 11) is 0. The van der Waals surface area contributed by atoms with Crippen LogP contribution in [0.5, 0.6) is 11.5 Å². The van der Waals surface area contributed by atoms with E-state index >= 15 is 0 Å². The van der Waals surface area contributed by atoms with Crippen molar-refractivity contribution < 1.29 is 10.2 Å². The number of hydrogen-bond acceptors (Lipinski definition) is 2. The minimum Gasteiger partial charge on any atom is -0.508 e. The van der Waals surface area contributed by atoms with Gasteiger partial charge in [-0.05, 0) is 48.7 Å². The van der Waals surface area contributed by atoms with Crippen LogP contribution in [0.25, 0.3) is 11.1 Å². The van der Waals surface area contributed by atoms with Crippen LogP contribution in [0.4, 0.5) is 0 Å². The van der Waals surface area contributed by atoms with E-state index in [1.54, 1.807) is 18.2 Å². The van der Waals surface area contributed by atoms with Crippen LogP contribution in [0.15, 0.2) is 36.4 Å². The number of benzene rings is 2. The minimum atomic E-state index is 0.260. The van der Waals surface area contributed by atoms with Crippen molar-refractivity contribution in [3.63, 3.8) is 0 Å². The number of phenolic OH excluding ortho intramolecular Hbond substituents is 2. The molecule has 0 heterocycles. The van der Waals surface area contributed by atoms with E-state index in [4.69, 9.17) is 0 Å². The Balaban J connectivity index is 2.65. The molecule has 2 nitrogen and oxygen atoms in total. The molecule has 0 aliphatic rings. The number of rotatable bonds is 1. The van der Waals surface area contributed by atoms with Crippen molar-refractivity contribution in [1.29, 1.82) is 0 Å². The topological polar surface area (TPSA) is 40.5 Å². The molecule has 16 heavy (non-hydrogen) atoms. The third-order valence-corrected chi connectivity index (χ3v) is 2.74. The third-order valence-electron chi connectivity index (χ3n) is 2.74. The van der Waals surface area contributed by atoms with Gasteiger partial charge in [0.1, 0.15) is 11.5 Å². The summed E-state index contributed by atoms with van der Waals surface area (Å²) in [5, 5.41) is 19.4. The van der Waals surface area contributed by atoms with Crippen molar-refractivity contribution in [2.24, 2.45) is 0 Å². The summed E-state index contributed by atoms with van der Waals surface area (Å²) in [4.78, 5) is 0. The Labute approximate surface area is 94.8 Å². The lowest BCUT2D eigenvalue weighted by molar-refractivity contribution is 0.470. The Morgan fingerprint density at radius 2 is 1.44 bits per heavy atom. The molecule has 2 heteroatoms. The fraction of sp³-hybridized carbons (Fsp3) is 0.143. The van der Waals surface area contributed by atoms with Crippen LogP contribution in [0, 0.1) is 13.8 Å². The zero-order valence-corrected chi connectivity index (χ0v) is 9.36. The predicted molar refractivity (Wildman–Crippen MR) is 64.7 cm³/mol. The quantitative estimate of drug-likeness (QED) is 0.764. The monoisotopic (exact) mass is 214 g/mol. The molecule has 0 unspecified atom stereocenters. The van der Waals surface area contributed by atoms with E-state index in [0.29, 0.717) is 0 Å². The molecule has 0 saturated carbocycles. The van der Waals surface area contributed by atoms with Crippen LogP contribution in [-0.2, 0) is 0 Å². The third kappa shape index (κ3) is 1.74. The van der Waals surface area contributed by atoms with Crippen molar-refractivity contribution in [1.82, 2.24) is 0 Å². The zero-order valence-electron chi connectivity index (χ0n) is 9.36. The molecular weight excluding hydrogens is 200 g/mol. The van der Waals surface area contributed by atoms with Crippen molar-refractivity contribution in [2.75, 3.05) is 0 Å². The summed E-state index contributed by atoms with van der Waals surface area (Å²) in [6, 6.07) is 10.8. The smallest absolute Gasteiger partial charge is 0.123 e. The average Bonchev–Trinajstić information content (AvgIpc) is 2.25. The van der Waals surface area contributed by atoms with Crippen molar-refractivity contribution in [3.8, 4) is 22.6 Å². The first-order chi connectivity index (χ1) is 7.59. The molecular formula is C14H14O2. The van der Waals surface area contributed by atoms with E-state index < -0.39 is 0 Å². The number of para-hydroxylation sites is 1. The Morgan fingerprint density at radius 3 is 2.12 bits per heavy atom. The van der Waals surface area contributed by atoms with E-state index in [9.17, 15) is 10.2 Å². The standard InChI is InChI=1S/C14H14O2/c1-9-8-14(16)10(2)7-12(9)11-5-3-4-6-13(11)15/h3-8,15-16H,1-2H3. The normalized spacial score (nSPS) is 10.4. The van der Waals surface area contributed by atoms with Gasteiger partial charge in [-0.3, -0.25) is 0 Å². The van der Waals surface area contributed by atoms with Crippen LogP contribution < -0.4 is 0 Å². The van der Waals surface area contributed by atoms with Crippen molar-refractivity contribution in [3.05, 3.63) is 47.5 Å². The molecule has 82 valence electrons. The highest BCUT2D eigenvalue weighted by Gasteiger charge is 2.08. The molecule has 0 aliphatic heterocycles. The van der Waals surface area contributed by atoms with Gasteiger partial charge in [0.25, 0.3) is 0 Å². The maximum absolute atomic E-state index is 9.79. The van der Waals surface area contributed by atoms with Crippen molar-refractivity contribution in [2.45, 2.75) is 13.8 Å². The Kier molecular flexibility index (Phi) is 2.57. The van der Waals surface area contributed by atoms with Crippen LogP contribution in [0.1, 0.15) is 11.1 Å². The van der Waals surface area contributed by atoms with E-state index in [1.807, 2.05) is 32.0 Å². The van der Waals surface area contributed by atoms with Gasteiger partial charge in [-0.15, -0.1) is 0 Å². The molecule has 0 aliphatic carbocycles. The van der Waals surface area contributed by atoms with Crippen LogP contribution >= 0.6 is 0 Å². The summed E-state index contributed by atoms with van der Waals surface area (Å²) >= 11 is 0. The van der Waals surface area contributed by atoms with Crippen LogP contribution in [-0.4, -0.2) is 10.2 Å². The fourth-order valence-electron chi connectivity index (χ4n) is 1.79. The number of aryl methyl sites for hydroxylation is 2. The second-order valence-electron chi connectivity index (χ2n) is 3.97. The first-order valence-electron chi connectivity index (χ1n) is 5.18. The Hall–Kier alpha value is -1.96. The number of phenols is 2. The number of aromatic hydroxyl groups is 2. The van der Waals surface area contributed by atoms with Gasteiger partial charge < -0.3 is 10.2 Å². The largest absolute Gasteiger partial charge is 0.508 e. The molecule has 0 saturated heterocycles. The zero-order chi connectivity index (χ0) is 11.7. The highest BCUT2D eigenvalue weighted by atomic mass is 16.3. The van der Waals surface area contributed by atoms with E-state index in [1.165, 1.54) is 0 Å².